The van der Waals surface area contributed by atoms with Crippen molar-refractivity contribution in [2.75, 3.05) is 23.9 Å². The number of benzene rings is 1. The fraction of sp³-hybridized carbons (Fsp3) is 0.632. The zero-order chi connectivity index (χ0) is 23.3. The summed E-state index contributed by atoms with van der Waals surface area (Å²) in [6.07, 6.45) is -3.34. The zero-order valence-electron chi connectivity index (χ0n) is 16.9. The van der Waals surface area contributed by atoms with Gasteiger partial charge in [0.25, 0.3) is 5.91 Å². The highest BCUT2D eigenvalue weighted by molar-refractivity contribution is 7.92. The van der Waals surface area contributed by atoms with Crippen LogP contribution in [0, 0.1) is 17.7 Å². The summed E-state index contributed by atoms with van der Waals surface area (Å²) < 4.78 is 85.3. The molecule has 4 rings (SSSR count). The molecule has 0 unspecified atom stereocenters. The quantitative estimate of drug-likeness (QED) is 0.555. The summed E-state index contributed by atoms with van der Waals surface area (Å²) in [5.74, 6) is -3.52. The van der Waals surface area contributed by atoms with Gasteiger partial charge in [0.2, 0.25) is 0 Å². The van der Waals surface area contributed by atoms with E-state index in [-0.39, 0.29) is 36.5 Å². The number of anilines is 1. The number of ether oxygens (including phenoxy) is 1. The number of fused-ring (bicyclic) bond motifs is 1. The summed E-state index contributed by atoms with van der Waals surface area (Å²) in [5, 5.41) is 13.3. The fourth-order valence-electron chi connectivity index (χ4n) is 4.53. The number of phenolic OH excluding ortho intramolecular Hbond substituents is 1. The van der Waals surface area contributed by atoms with E-state index in [1.54, 1.807) is 4.72 Å². The zero-order valence-corrected chi connectivity index (χ0v) is 17.7. The number of nitrogens with zero attached hydrogens (tertiary/aromatic N) is 1. The minimum atomic E-state index is -4.29. The number of nitrogens with one attached hydrogen (secondary N) is 2. The maximum Gasteiger partial charge on any atom is 0.391 e. The van der Waals surface area contributed by atoms with Gasteiger partial charge in [0, 0.05) is 24.6 Å². The van der Waals surface area contributed by atoms with Crippen LogP contribution in [0.4, 0.5) is 23.2 Å². The normalized spacial score (nSPS) is 27.2. The summed E-state index contributed by atoms with van der Waals surface area (Å²) >= 11 is 0. The van der Waals surface area contributed by atoms with Crippen LogP contribution in [0.2, 0.25) is 0 Å². The fourth-order valence-corrected chi connectivity index (χ4v) is 5.69. The smallest absolute Gasteiger partial charge is 0.391 e. The third-order valence-electron chi connectivity index (χ3n) is 6.19. The Morgan fingerprint density at radius 1 is 1.22 bits per heavy atom. The number of phenols is 1. The van der Waals surface area contributed by atoms with Crippen LogP contribution in [0.1, 0.15) is 31.2 Å². The van der Waals surface area contributed by atoms with E-state index in [0.29, 0.717) is 30.2 Å². The van der Waals surface area contributed by atoms with Crippen molar-refractivity contribution in [2.45, 2.75) is 44.4 Å². The molecule has 1 atom stereocenters. The van der Waals surface area contributed by atoms with E-state index in [0.717, 1.165) is 6.07 Å². The highest BCUT2D eigenvalue weighted by Crippen LogP contribution is 2.43. The van der Waals surface area contributed by atoms with Crippen LogP contribution < -0.4 is 19.1 Å². The van der Waals surface area contributed by atoms with Crippen molar-refractivity contribution in [3.05, 3.63) is 17.4 Å². The number of halogens is 4. The minimum Gasteiger partial charge on any atom is -0.505 e. The van der Waals surface area contributed by atoms with E-state index in [1.807, 2.05) is 0 Å². The maximum absolute atomic E-state index is 15.1. The van der Waals surface area contributed by atoms with Crippen molar-refractivity contribution in [3.8, 4) is 11.5 Å². The molecule has 2 fully saturated rings. The van der Waals surface area contributed by atoms with Gasteiger partial charge in [0.15, 0.2) is 5.82 Å². The SMILES string of the molecule is O=C1CN(c2c(O)cc3c(c2F)C[C@H](CNCC2CCC(C(F)(F)F)CC2)O3)S(=O)(=O)N1. The number of alkyl halides is 3. The Kier molecular flexibility index (Phi) is 5.90. The molecule has 32 heavy (non-hydrogen) atoms. The second-order valence-electron chi connectivity index (χ2n) is 8.43. The lowest BCUT2D eigenvalue weighted by atomic mass is 9.81. The Labute approximate surface area is 182 Å². The molecule has 8 nitrogen and oxygen atoms in total. The van der Waals surface area contributed by atoms with E-state index in [4.69, 9.17) is 4.74 Å². The molecule has 1 aromatic rings. The van der Waals surface area contributed by atoms with Crippen molar-refractivity contribution in [1.82, 2.24) is 10.0 Å². The molecular formula is C19H23F4N3O5S. The number of amides is 1. The van der Waals surface area contributed by atoms with E-state index in [1.165, 1.54) is 0 Å². The molecule has 2 aliphatic heterocycles. The molecule has 0 radical (unpaired) electrons. The molecule has 1 saturated carbocycles. The Balaban J connectivity index is 1.35. The standard InChI is InChI=1S/C19H23F4N3O5S/c20-17-13-5-12(8-24-7-10-1-3-11(4-2-10)19(21,22)23)31-15(13)6-14(27)18(17)26-9-16(28)25-32(26,29)30/h6,10-12,24,27H,1-5,7-9H2,(H,25,28)/t10?,11?,12-/m1/s1. The lowest BCUT2D eigenvalue weighted by Crippen LogP contribution is -2.36. The molecule has 3 N–H and O–H groups in total. The molecule has 0 bridgehead atoms. The first-order valence-corrected chi connectivity index (χ1v) is 11.7. The first-order chi connectivity index (χ1) is 15.0. The molecule has 1 saturated heterocycles. The Hall–Kier alpha value is -2.28. The molecule has 0 spiro atoms. The highest BCUT2D eigenvalue weighted by Gasteiger charge is 2.42. The van der Waals surface area contributed by atoms with E-state index in [9.17, 15) is 31.5 Å². The third-order valence-corrected chi connectivity index (χ3v) is 7.57. The molecule has 1 amide bonds. The van der Waals surface area contributed by atoms with Gasteiger partial charge in [0.1, 0.15) is 29.8 Å². The van der Waals surface area contributed by atoms with Gasteiger partial charge in [0.05, 0.1) is 5.92 Å². The molecule has 1 aliphatic carbocycles. The molecule has 13 heteroatoms. The van der Waals surface area contributed by atoms with Crippen LogP contribution >= 0.6 is 0 Å². The van der Waals surface area contributed by atoms with Crippen LogP contribution in [-0.4, -0.2) is 51.3 Å². The molecule has 3 aliphatic rings. The van der Waals surface area contributed by atoms with Crippen LogP contribution in [0.3, 0.4) is 0 Å². The monoisotopic (exact) mass is 481 g/mol. The van der Waals surface area contributed by atoms with Crippen molar-refractivity contribution in [1.29, 1.82) is 0 Å². The predicted octanol–water partition coefficient (Wildman–Crippen LogP) is 1.97. The molecular weight excluding hydrogens is 458 g/mol. The van der Waals surface area contributed by atoms with E-state index >= 15 is 4.39 Å². The van der Waals surface area contributed by atoms with Gasteiger partial charge in [-0.05, 0) is 38.1 Å². The van der Waals surface area contributed by atoms with Crippen molar-refractivity contribution >= 4 is 21.8 Å². The van der Waals surface area contributed by atoms with Gasteiger partial charge < -0.3 is 15.2 Å². The maximum atomic E-state index is 15.1. The molecule has 2 heterocycles. The Bertz CT molecular complexity index is 1010. The summed E-state index contributed by atoms with van der Waals surface area (Å²) in [6.45, 7) is 0.180. The lowest BCUT2D eigenvalue weighted by Gasteiger charge is -2.30. The second-order valence-corrected chi connectivity index (χ2v) is 10.0. The topological polar surface area (TPSA) is 108 Å². The van der Waals surface area contributed by atoms with E-state index < -0.39 is 58.1 Å². The van der Waals surface area contributed by atoms with Crippen LogP contribution in [0.15, 0.2) is 6.07 Å². The second kappa shape index (κ2) is 8.25. The number of hydrogen-bond donors (Lipinski definition) is 3. The highest BCUT2D eigenvalue weighted by atomic mass is 32.2. The molecule has 0 aromatic heterocycles. The average molecular weight is 481 g/mol. The summed E-state index contributed by atoms with van der Waals surface area (Å²) in [7, 11) is -4.29. The lowest BCUT2D eigenvalue weighted by molar-refractivity contribution is -0.183. The first kappa shape index (κ1) is 22.9. The number of carbonyl (C=O) groups excluding carboxylic acids is 1. The predicted molar refractivity (Wildman–Crippen MR) is 105 cm³/mol. The van der Waals surface area contributed by atoms with Gasteiger partial charge in [-0.3, -0.25) is 4.79 Å². The Morgan fingerprint density at radius 2 is 1.91 bits per heavy atom. The third kappa shape index (κ3) is 4.45. The largest absolute Gasteiger partial charge is 0.505 e. The summed E-state index contributed by atoms with van der Waals surface area (Å²) in [4.78, 5) is 11.4. The van der Waals surface area contributed by atoms with Crippen molar-refractivity contribution in [3.63, 3.8) is 0 Å². The van der Waals surface area contributed by atoms with Crippen LogP contribution in [-0.2, 0) is 21.4 Å². The Morgan fingerprint density at radius 3 is 2.50 bits per heavy atom. The van der Waals surface area contributed by atoms with Crippen molar-refractivity contribution < 1.29 is 40.6 Å². The van der Waals surface area contributed by atoms with Gasteiger partial charge in [-0.25, -0.2) is 13.4 Å². The van der Waals surface area contributed by atoms with Crippen LogP contribution in [0.25, 0.3) is 0 Å². The van der Waals surface area contributed by atoms with Gasteiger partial charge in [-0.1, -0.05) is 0 Å². The van der Waals surface area contributed by atoms with Crippen LogP contribution in [0.5, 0.6) is 11.5 Å². The number of hydrogen-bond acceptors (Lipinski definition) is 6. The number of carbonyl (C=O) groups is 1. The van der Waals surface area contributed by atoms with Crippen molar-refractivity contribution in [2.24, 2.45) is 11.8 Å². The number of aromatic hydroxyl groups is 1. The van der Waals surface area contributed by atoms with Gasteiger partial charge in [-0.15, -0.1) is 0 Å². The molecule has 178 valence electrons. The number of rotatable bonds is 5. The van der Waals surface area contributed by atoms with Gasteiger partial charge >= 0.3 is 16.4 Å². The van der Waals surface area contributed by atoms with E-state index in [2.05, 4.69) is 5.32 Å². The summed E-state index contributed by atoms with van der Waals surface area (Å²) in [6, 6.07) is 1.12. The molecule has 1 aromatic carbocycles. The summed E-state index contributed by atoms with van der Waals surface area (Å²) in [5.41, 5.74) is -0.523. The average Bonchev–Trinajstić information content (AvgIpc) is 3.21. The van der Waals surface area contributed by atoms with Gasteiger partial charge in [-0.2, -0.15) is 21.6 Å². The first-order valence-electron chi connectivity index (χ1n) is 10.3. The minimum absolute atomic E-state index is 0.0807.